The van der Waals surface area contributed by atoms with Crippen LogP contribution in [0.2, 0.25) is 0 Å². The highest BCUT2D eigenvalue weighted by atomic mass is 16.5. The molecule has 0 saturated carbocycles. The number of nitrogens with one attached hydrogen (secondary N) is 1. The maximum Gasteiger partial charge on any atom is 0.229 e. The molecule has 1 aliphatic carbocycles. The fourth-order valence-corrected chi connectivity index (χ4v) is 2.01. The zero-order valence-corrected chi connectivity index (χ0v) is 9.88. The molecule has 0 spiro atoms. The molecule has 1 aromatic heterocycles. The number of nitrogens with zero attached hydrogens (tertiary/aromatic N) is 1. The van der Waals surface area contributed by atoms with Gasteiger partial charge in [0.2, 0.25) is 5.91 Å². The number of amides is 1. The van der Waals surface area contributed by atoms with Crippen molar-refractivity contribution in [3.05, 3.63) is 24.0 Å². The Labute approximate surface area is 104 Å². The average molecular weight is 249 g/mol. The Hall–Kier alpha value is -2.11. The molecular formula is C12H13N2O4-. The van der Waals surface area contributed by atoms with Gasteiger partial charge in [-0.1, -0.05) is 17.3 Å². The number of carboxylic acids is 1. The number of aromatic nitrogens is 1. The van der Waals surface area contributed by atoms with Crippen LogP contribution in [0.4, 0.5) is 5.82 Å². The molecular weight excluding hydrogens is 236 g/mol. The quantitative estimate of drug-likeness (QED) is 0.775. The van der Waals surface area contributed by atoms with Crippen molar-refractivity contribution in [2.75, 3.05) is 5.32 Å². The number of carbonyl (C=O) groups excluding carboxylic acids is 2. The summed E-state index contributed by atoms with van der Waals surface area (Å²) in [5.74, 6) is -2.12. The van der Waals surface area contributed by atoms with Crippen molar-refractivity contribution in [1.82, 2.24) is 5.16 Å². The first-order chi connectivity index (χ1) is 8.58. The molecule has 0 radical (unpaired) electrons. The van der Waals surface area contributed by atoms with E-state index in [4.69, 9.17) is 4.52 Å². The average Bonchev–Trinajstić information content (AvgIpc) is 2.74. The zero-order valence-electron chi connectivity index (χ0n) is 9.88. The number of rotatable bonds is 3. The topological polar surface area (TPSA) is 95.3 Å². The van der Waals surface area contributed by atoms with Gasteiger partial charge in [-0.2, -0.15) is 0 Å². The van der Waals surface area contributed by atoms with E-state index in [0.717, 1.165) is 0 Å². The van der Waals surface area contributed by atoms with Crippen LogP contribution in [0.25, 0.3) is 0 Å². The summed E-state index contributed by atoms with van der Waals surface area (Å²) in [6.45, 7) is 1.70. The lowest BCUT2D eigenvalue weighted by molar-refractivity contribution is -0.313. The summed E-state index contributed by atoms with van der Waals surface area (Å²) >= 11 is 0. The smallest absolute Gasteiger partial charge is 0.229 e. The number of allylic oxidation sites excluding steroid dienone is 2. The van der Waals surface area contributed by atoms with Crippen molar-refractivity contribution in [2.45, 2.75) is 19.8 Å². The summed E-state index contributed by atoms with van der Waals surface area (Å²) in [4.78, 5) is 22.9. The van der Waals surface area contributed by atoms with Gasteiger partial charge in [0, 0.05) is 18.0 Å². The van der Waals surface area contributed by atoms with Crippen LogP contribution >= 0.6 is 0 Å². The molecule has 1 aliphatic rings. The van der Waals surface area contributed by atoms with Gasteiger partial charge in [0.25, 0.3) is 0 Å². The minimum absolute atomic E-state index is 0.296. The van der Waals surface area contributed by atoms with Crippen LogP contribution in [0.3, 0.4) is 0 Å². The maximum atomic E-state index is 12.0. The van der Waals surface area contributed by atoms with Crippen molar-refractivity contribution >= 4 is 17.7 Å². The third kappa shape index (κ3) is 2.58. The van der Waals surface area contributed by atoms with E-state index in [1.54, 1.807) is 25.1 Å². The Kier molecular flexibility index (Phi) is 3.45. The molecule has 1 amide bonds. The van der Waals surface area contributed by atoms with E-state index in [2.05, 4.69) is 10.5 Å². The van der Waals surface area contributed by atoms with Gasteiger partial charge in [0.1, 0.15) is 5.76 Å². The molecule has 96 valence electrons. The number of hydrogen-bond donors (Lipinski definition) is 1. The van der Waals surface area contributed by atoms with Crippen molar-refractivity contribution in [2.24, 2.45) is 11.8 Å². The first kappa shape index (κ1) is 12.3. The van der Waals surface area contributed by atoms with E-state index in [0.29, 0.717) is 24.4 Å². The van der Waals surface area contributed by atoms with Crippen molar-refractivity contribution in [3.8, 4) is 0 Å². The van der Waals surface area contributed by atoms with Crippen molar-refractivity contribution in [3.63, 3.8) is 0 Å². The SMILES string of the molecule is Cc1cc(NC(=O)C2CC=CCC2C(=O)[O-])no1. The van der Waals surface area contributed by atoms with Crippen LogP contribution in [0, 0.1) is 18.8 Å². The number of carbonyl (C=O) groups is 2. The number of aryl methyl sites for hydroxylation is 1. The summed E-state index contributed by atoms with van der Waals surface area (Å²) in [6.07, 6.45) is 4.27. The number of anilines is 1. The Morgan fingerprint density at radius 1 is 1.39 bits per heavy atom. The van der Waals surface area contributed by atoms with E-state index in [-0.39, 0.29) is 5.91 Å². The second-order valence-corrected chi connectivity index (χ2v) is 4.29. The van der Waals surface area contributed by atoms with E-state index in [9.17, 15) is 14.7 Å². The molecule has 1 aromatic rings. The Balaban J connectivity index is 2.07. The Morgan fingerprint density at radius 2 is 2.06 bits per heavy atom. The standard InChI is InChI=1S/C12H14N2O4/c1-7-6-10(14-18-7)13-11(15)8-4-2-3-5-9(8)12(16)17/h2-3,6,8-9H,4-5H2,1H3,(H,16,17)(H,13,14,15)/p-1. The minimum atomic E-state index is -1.20. The second-order valence-electron chi connectivity index (χ2n) is 4.29. The van der Waals surface area contributed by atoms with E-state index >= 15 is 0 Å². The molecule has 0 bridgehead atoms. The van der Waals surface area contributed by atoms with Crippen LogP contribution in [-0.4, -0.2) is 17.0 Å². The largest absolute Gasteiger partial charge is 0.550 e. The third-order valence-corrected chi connectivity index (χ3v) is 2.95. The number of hydrogen-bond acceptors (Lipinski definition) is 5. The third-order valence-electron chi connectivity index (χ3n) is 2.95. The van der Waals surface area contributed by atoms with E-state index in [1.165, 1.54) is 0 Å². The van der Waals surface area contributed by atoms with Crippen LogP contribution < -0.4 is 10.4 Å². The van der Waals surface area contributed by atoms with Gasteiger partial charge >= 0.3 is 0 Å². The molecule has 18 heavy (non-hydrogen) atoms. The number of aliphatic carboxylic acids is 1. The molecule has 6 nitrogen and oxygen atoms in total. The lowest BCUT2D eigenvalue weighted by Gasteiger charge is -2.27. The fraction of sp³-hybridized carbons (Fsp3) is 0.417. The molecule has 2 unspecified atom stereocenters. The first-order valence-corrected chi connectivity index (χ1v) is 5.68. The highest BCUT2D eigenvalue weighted by molar-refractivity contribution is 5.94. The predicted octanol–water partition coefficient (Wildman–Crippen LogP) is 0.254. The highest BCUT2D eigenvalue weighted by Crippen LogP contribution is 2.26. The Bertz CT molecular complexity index is 492. The molecule has 0 saturated heterocycles. The van der Waals surface area contributed by atoms with Crippen LogP contribution in [0.15, 0.2) is 22.7 Å². The first-order valence-electron chi connectivity index (χ1n) is 5.68. The van der Waals surface area contributed by atoms with Gasteiger partial charge in [-0.05, 0) is 19.8 Å². The molecule has 0 aromatic carbocycles. The molecule has 1 heterocycles. The zero-order chi connectivity index (χ0) is 13.1. The van der Waals surface area contributed by atoms with Crippen LogP contribution in [0.5, 0.6) is 0 Å². The number of carboxylic acid groups (broad SMARTS) is 1. The maximum absolute atomic E-state index is 12.0. The van der Waals surface area contributed by atoms with Gasteiger partial charge < -0.3 is 19.7 Å². The Morgan fingerprint density at radius 3 is 2.61 bits per heavy atom. The summed E-state index contributed by atoms with van der Waals surface area (Å²) in [6, 6.07) is 1.57. The summed E-state index contributed by atoms with van der Waals surface area (Å²) in [5, 5.41) is 17.1. The van der Waals surface area contributed by atoms with Crippen molar-refractivity contribution < 1.29 is 19.2 Å². The lowest BCUT2D eigenvalue weighted by atomic mass is 9.82. The molecule has 0 fully saturated rings. The van der Waals surface area contributed by atoms with Gasteiger partial charge in [0.05, 0.1) is 5.92 Å². The molecule has 1 N–H and O–H groups in total. The van der Waals surface area contributed by atoms with Crippen LogP contribution in [-0.2, 0) is 9.59 Å². The van der Waals surface area contributed by atoms with Gasteiger partial charge in [-0.3, -0.25) is 4.79 Å². The fourth-order valence-electron chi connectivity index (χ4n) is 2.01. The van der Waals surface area contributed by atoms with Gasteiger partial charge in [-0.25, -0.2) is 0 Å². The van der Waals surface area contributed by atoms with Crippen LogP contribution in [0.1, 0.15) is 18.6 Å². The summed E-state index contributed by atoms with van der Waals surface area (Å²) in [7, 11) is 0. The predicted molar refractivity (Wildman–Crippen MR) is 60.2 cm³/mol. The lowest BCUT2D eigenvalue weighted by Crippen LogP contribution is -2.41. The second kappa shape index (κ2) is 5.03. The van der Waals surface area contributed by atoms with Gasteiger partial charge in [-0.15, -0.1) is 0 Å². The highest BCUT2D eigenvalue weighted by Gasteiger charge is 2.30. The summed E-state index contributed by atoms with van der Waals surface area (Å²) in [5.41, 5.74) is 0. The summed E-state index contributed by atoms with van der Waals surface area (Å²) < 4.78 is 4.82. The molecule has 0 aliphatic heterocycles. The molecule has 2 atom stereocenters. The van der Waals surface area contributed by atoms with Gasteiger partial charge in [0.15, 0.2) is 5.82 Å². The minimum Gasteiger partial charge on any atom is -0.550 e. The molecule has 2 rings (SSSR count). The van der Waals surface area contributed by atoms with E-state index in [1.807, 2.05) is 0 Å². The molecule has 6 heteroatoms. The normalized spacial score (nSPS) is 22.7. The van der Waals surface area contributed by atoms with Crippen molar-refractivity contribution in [1.29, 1.82) is 0 Å². The van der Waals surface area contributed by atoms with E-state index < -0.39 is 17.8 Å². The monoisotopic (exact) mass is 249 g/mol.